The number of H-pyrrole nitrogens is 1. The number of rotatable bonds is 4. The first kappa shape index (κ1) is 11.4. The van der Waals surface area contributed by atoms with Crippen LogP contribution < -0.4 is 5.69 Å². The van der Waals surface area contributed by atoms with E-state index in [0.29, 0.717) is 24.1 Å². The number of hydrogen-bond acceptors (Lipinski definition) is 5. The van der Waals surface area contributed by atoms with Gasteiger partial charge in [0.15, 0.2) is 5.16 Å². The third kappa shape index (κ3) is 2.35. The van der Waals surface area contributed by atoms with E-state index in [9.17, 15) is 9.59 Å². The monoisotopic (exact) mass is 243 g/mol. The smallest absolute Gasteiger partial charge is 0.343 e. The summed E-state index contributed by atoms with van der Waals surface area (Å²) in [5.41, 5.74) is -0.265. The molecule has 0 amide bonds. The van der Waals surface area contributed by atoms with Crippen molar-refractivity contribution < 1.29 is 9.53 Å². The van der Waals surface area contributed by atoms with Gasteiger partial charge in [-0.3, -0.25) is 9.36 Å². The van der Waals surface area contributed by atoms with Crippen LogP contribution >= 0.6 is 11.8 Å². The zero-order chi connectivity index (χ0) is 11.5. The summed E-state index contributed by atoms with van der Waals surface area (Å²) in [6.07, 6.45) is 0.804. The first-order valence-corrected chi connectivity index (χ1v) is 6.01. The summed E-state index contributed by atoms with van der Waals surface area (Å²) in [5, 5.41) is 6.69. The lowest BCUT2D eigenvalue weighted by Crippen LogP contribution is -2.17. The van der Waals surface area contributed by atoms with E-state index >= 15 is 0 Å². The van der Waals surface area contributed by atoms with E-state index in [1.165, 1.54) is 16.3 Å². The van der Waals surface area contributed by atoms with Crippen LogP contribution in [0.5, 0.6) is 0 Å². The van der Waals surface area contributed by atoms with Crippen LogP contribution in [-0.2, 0) is 16.6 Å². The number of nitrogens with one attached hydrogen (secondary N) is 1. The van der Waals surface area contributed by atoms with E-state index in [2.05, 4.69) is 10.2 Å². The van der Waals surface area contributed by atoms with Crippen molar-refractivity contribution in [2.24, 2.45) is 13.0 Å². The number of Topliss-reactive ketones (excluding diaryl/α,β-unsaturated/α-hetero) is 1. The van der Waals surface area contributed by atoms with Crippen LogP contribution in [0, 0.1) is 5.92 Å². The highest BCUT2D eigenvalue weighted by Gasteiger charge is 2.23. The van der Waals surface area contributed by atoms with Gasteiger partial charge in [0.05, 0.1) is 12.4 Å². The van der Waals surface area contributed by atoms with Gasteiger partial charge >= 0.3 is 5.69 Å². The maximum absolute atomic E-state index is 11.7. The third-order valence-electron chi connectivity index (χ3n) is 2.57. The Morgan fingerprint density at radius 3 is 3.12 bits per heavy atom. The molecule has 6 nitrogen and oxygen atoms in total. The first-order chi connectivity index (χ1) is 7.68. The molecule has 1 aliphatic rings. The number of ketones is 1. The van der Waals surface area contributed by atoms with E-state index in [1.54, 1.807) is 7.05 Å². The van der Waals surface area contributed by atoms with Crippen LogP contribution in [0.15, 0.2) is 9.95 Å². The molecular formula is C9H13N3O3S. The summed E-state index contributed by atoms with van der Waals surface area (Å²) in [4.78, 5) is 22.8. The lowest BCUT2D eigenvalue weighted by molar-refractivity contribution is -0.120. The van der Waals surface area contributed by atoms with Gasteiger partial charge in [-0.1, -0.05) is 11.8 Å². The Bertz CT molecular complexity index is 433. The summed E-state index contributed by atoms with van der Waals surface area (Å²) in [7, 11) is 1.62. The Morgan fingerprint density at radius 2 is 2.56 bits per heavy atom. The third-order valence-corrected chi connectivity index (χ3v) is 3.62. The van der Waals surface area contributed by atoms with Gasteiger partial charge in [-0.25, -0.2) is 9.89 Å². The van der Waals surface area contributed by atoms with Gasteiger partial charge in [0.1, 0.15) is 5.78 Å². The Hall–Kier alpha value is -1.08. The summed E-state index contributed by atoms with van der Waals surface area (Å²) in [6, 6.07) is 0. The Morgan fingerprint density at radius 1 is 1.75 bits per heavy atom. The second kappa shape index (κ2) is 4.84. The molecule has 1 aromatic rings. The number of aromatic amines is 1. The van der Waals surface area contributed by atoms with Gasteiger partial charge in [0.2, 0.25) is 0 Å². The van der Waals surface area contributed by atoms with Crippen LogP contribution in [0.1, 0.15) is 6.42 Å². The molecule has 0 saturated carbocycles. The Labute approximate surface area is 96.4 Å². The quantitative estimate of drug-likeness (QED) is 0.741. The summed E-state index contributed by atoms with van der Waals surface area (Å²) >= 11 is 1.28. The van der Waals surface area contributed by atoms with Crippen LogP contribution in [0.25, 0.3) is 0 Å². The maximum atomic E-state index is 11.7. The van der Waals surface area contributed by atoms with Crippen LogP contribution in [-0.4, -0.2) is 39.5 Å². The fourth-order valence-electron chi connectivity index (χ4n) is 1.50. The minimum atomic E-state index is -0.265. The number of ether oxygens (including phenoxy) is 1. The van der Waals surface area contributed by atoms with Crippen molar-refractivity contribution in [2.75, 3.05) is 19.0 Å². The standard InChI is InChI=1S/C9H13N3O3S/c1-12-8(14)10-11-9(12)16-5-7(13)6-2-3-15-4-6/h6H,2-5H2,1H3,(H,10,14). The molecule has 0 bridgehead atoms. The second-order valence-electron chi connectivity index (χ2n) is 3.69. The van der Waals surface area contributed by atoms with Gasteiger partial charge in [0.25, 0.3) is 0 Å². The highest BCUT2D eigenvalue weighted by atomic mass is 32.2. The minimum Gasteiger partial charge on any atom is -0.381 e. The van der Waals surface area contributed by atoms with Gasteiger partial charge in [0, 0.05) is 19.6 Å². The molecule has 88 valence electrons. The van der Waals surface area contributed by atoms with Crippen molar-refractivity contribution >= 4 is 17.5 Å². The molecule has 1 unspecified atom stereocenters. The molecule has 2 heterocycles. The molecule has 1 aliphatic heterocycles. The number of thioether (sulfide) groups is 1. The molecular weight excluding hydrogens is 230 g/mol. The van der Waals surface area contributed by atoms with E-state index in [0.717, 1.165) is 6.42 Å². The first-order valence-electron chi connectivity index (χ1n) is 5.03. The topological polar surface area (TPSA) is 77.0 Å². The average Bonchev–Trinajstić information content (AvgIpc) is 2.89. The number of carbonyl (C=O) groups is 1. The zero-order valence-corrected chi connectivity index (χ0v) is 9.75. The zero-order valence-electron chi connectivity index (χ0n) is 8.93. The summed E-state index contributed by atoms with van der Waals surface area (Å²) < 4.78 is 6.54. The van der Waals surface area contributed by atoms with Crippen LogP contribution in [0.3, 0.4) is 0 Å². The largest absolute Gasteiger partial charge is 0.381 e. The molecule has 0 aromatic carbocycles. The van der Waals surface area contributed by atoms with E-state index in [-0.39, 0.29) is 17.4 Å². The van der Waals surface area contributed by atoms with E-state index < -0.39 is 0 Å². The molecule has 2 rings (SSSR count). The molecule has 1 atom stereocenters. The van der Waals surface area contributed by atoms with Crippen molar-refractivity contribution in [1.82, 2.24) is 14.8 Å². The van der Waals surface area contributed by atoms with Crippen LogP contribution in [0.4, 0.5) is 0 Å². The molecule has 1 saturated heterocycles. The molecule has 0 radical (unpaired) electrons. The van der Waals surface area contributed by atoms with Crippen molar-refractivity contribution in [3.05, 3.63) is 10.5 Å². The minimum absolute atomic E-state index is 0.0171. The van der Waals surface area contributed by atoms with Gasteiger partial charge in [-0.15, -0.1) is 5.10 Å². The highest BCUT2D eigenvalue weighted by molar-refractivity contribution is 7.99. The van der Waals surface area contributed by atoms with Crippen molar-refractivity contribution in [3.8, 4) is 0 Å². The SMILES string of the molecule is Cn1c(SCC(=O)C2CCOC2)n[nH]c1=O. The van der Waals surface area contributed by atoms with Gasteiger partial charge in [-0.2, -0.15) is 0 Å². The fourth-order valence-corrected chi connectivity index (χ4v) is 2.40. The normalized spacial score (nSPS) is 20.2. The van der Waals surface area contributed by atoms with E-state index in [4.69, 9.17) is 4.74 Å². The fraction of sp³-hybridized carbons (Fsp3) is 0.667. The number of carbonyl (C=O) groups excluding carboxylic acids is 1. The van der Waals surface area contributed by atoms with E-state index in [1.807, 2.05) is 0 Å². The molecule has 16 heavy (non-hydrogen) atoms. The summed E-state index contributed by atoms with van der Waals surface area (Å²) in [5.74, 6) is 0.521. The Balaban J connectivity index is 1.89. The summed E-state index contributed by atoms with van der Waals surface area (Å²) in [6.45, 7) is 1.20. The van der Waals surface area contributed by atoms with Crippen molar-refractivity contribution in [3.63, 3.8) is 0 Å². The highest BCUT2D eigenvalue weighted by Crippen LogP contribution is 2.19. The number of aromatic nitrogens is 3. The Kier molecular flexibility index (Phi) is 3.45. The van der Waals surface area contributed by atoms with Crippen LogP contribution in [0.2, 0.25) is 0 Å². The van der Waals surface area contributed by atoms with Crippen molar-refractivity contribution in [1.29, 1.82) is 0 Å². The maximum Gasteiger partial charge on any atom is 0.343 e. The molecule has 7 heteroatoms. The lowest BCUT2D eigenvalue weighted by Gasteiger charge is -2.04. The predicted molar refractivity (Wildman–Crippen MR) is 58.5 cm³/mol. The molecule has 1 aromatic heterocycles. The predicted octanol–water partition coefficient (Wildman–Crippen LogP) is -0.194. The molecule has 1 N–H and O–H groups in total. The van der Waals surface area contributed by atoms with Crippen molar-refractivity contribution in [2.45, 2.75) is 11.6 Å². The van der Waals surface area contributed by atoms with Gasteiger partial charge < -0.3 is 4.74 Å². The molecule has 0 spiro atoms. The second-order valence-corrected chi connectivity index (χ2v) is 4.63. The lowest BCUT2D eigenvalue weighted by atomic mass is 10.1. The number of nitrogens with zero attached hydrogens (tertiary/aromatic N) is 2. The number of hydrogen-bond donors (Lipinski definition) is 1. The van der Waals surface area contributed by atoms with Gasteiger partial charge in [-0.05, 0) is 6.42 Å². The average molecular weight is 243 g/mol. The molecule has 0 aliphatic carbocycles. The molecule has 1 fully saturated rings.